The molecule has 1 aromatic rings. The third-order valence-electron chi connectivity index (χ3n) is 1.78. The van der Waals surface area contributed by atoms with Crippen LogP contribution < -0.4 is 5.73 Å². The summed E-state index contributed by atoms with van der Waals surface area (Å²) >= 11 is 7.22. The van der Waals surface area contributed by atoms with E-state index in [1.165, 1.54) is 11.8 Å². The smallest absolute Gasteiger partial charge is 0.230 e. The van der Waals surface area contributed by atoms with Gasteiger partial charge in [-0.1, -0.05) is 18.5 Å². The molecule has 76 valence electrons. The van der Waals surface area contributed by atoms with Crippen molar-refractivity contribution >= 4 is 29.3 Å². The lowest BCUT2D eigenvalue weighted by Gasteiger charge is -2.09. The van der Waals surface area contributed by atoms with Gasteiger partial charge in [-0.25, -0.2) is 0 Å². The highest BCUT2D eigenvalue weighted by atomic mass is 35.5. The average molecular weight is 230 g/mol. The zero-order valence-electron chi connectivity index (χ0n) is 7.87. The zero-order chi connectivity index (χ0) is 10.6. The van der Waals surface area contributed by atoms with Crippen LogP contribution in [0.25, 0.3) is 0 Å². The quantitative estimate of drug-likeness (QED) is 0.807. The molecule has 0 aromatic heterocycles. The third kappa shape index (κ3) is 3.24. The van der Waals surface area contributed by atoms with Crippen LogP contribution in [-0.2, 0) is 4.79 Å². The summed E-state index contributed by atoms with van der Waals surface area (Å²) in [6.45, 7) is 1.94. The van der Waals surface area contributed by atoms with Crippen LogP contribution in [0.1, 0.15) is 13.3 Å². The standard InChI is InChI=1S/C10H12ClNOS/c1-2-9(10(12)13)14-8-5-3-7(11)4-6-8/h3-6,9H,2H2,1H3,(H2,12,13). The molecule has 1 unspecified atom stereocenters. The minimum atomic E-state index is -0.271. The van der Waals surface area contributed by atoms with E-state index in [0.29, 0.717) is 5.02 Å². The Balaban J connectivity index is 2.67. The molecule has 0 fully saturated rings. The van der Waals surface area contributed by atoms with Gasteiger partial charge in [-0.3, -0.25) is 4.79 Å². The molecule has 1 amide bonds. The average Bonchev–Trinajstić information content (AvgIpc) is 2.16. The molecule has 0 saturated heterocycles. The maximum atomic E-state index is 11.0. The molecule has 0 aliphatic heterocycles. The van der Waals surface area contributed by atoms with Gasteiger partial charge >= 0.3 is 0 Å². The predicted molar refractivity (Wildman–Crippen MR) is 60.6 cm³/mol. The molecule has 1 rings (SSSR count). The molecule has 0 spiro atoms. The highest BCUT2D eigenvalue weighted by molar-refractivity contribution is 8.00. The Morgan fingerprint density at radius 2 is 2.07 bits per heavy atom. The molecule has 1 aromatic carbocycles. The van der Waals surface area contributed by atoms with Crippen molar-refractivity contribution in [3.05, 3.63) is 29.3 Å². The highest BCUT2D eigenvalue weighted by Gasteiger charge is 2.13. The molecule has 1 atom stereocenters. The van der Waals surface area contributed by atoms with Crippen LogP contribution in [0.3, 0.4) is 0 Å². The molecule has 14 heavy (non-hydrogen) atoms. The number of thioether (sulfide) groups is 1. The van der Waals surface area contributed by atoms with E-state index in [1.807, 2.05) is 19.1 Å². The van der Waals surface area contributed by atoms with Crippen molar-refractivity contribution in [1.29, 1.82) is 0 Å². The molecule has 0 radical (unpaired) electrons. The van der Waals surface area contributed by atoms with Crippen LogP contribution in [0.5, 0.6) is 0 Å². The number of primary amides is 1. The van der Waals surface area contributed by atoms with Gasteiger partial charge in [0.2, 0.25) is 5.91 Å². The summed E-state index contributed by atoms with van der Waals surface area (Å²) < 4.78 is 0. The Hall–Kier alpha value is -0.670. The predicted octanol–water partition coefficient (Wildman–Crippen LogP) is 2.70. The lowest BCUT2D eigenvalue weighted by molar-refractivity contribution is -0.117. The topological polar surface area (TPSA) is 43.1 Å². The molecule has 2 nitrogen and oxygen atoms in total. The minimum absolute atomic E-state index is 0.156. The van der Waals surface area contributed by atoms with Gasteiger partial charge in [-0.05, 0) is 30.7 Å². The zero-order valence-corrected chi connectivity index (χ0v) is 9.44. The van der Waals surface area contributed by atoms with E-state index in [4.69, 9.17) is 17.3 Å². The second kappa shape index (κ2) is 5.27. The summed E-state index contributed by atoms with van der Waals surface area (Å²) in [5.41, 5.74) is 5.24. The Morgan fingerprint density at radius 1 is 1.50 bits per heavy atom. The van der Waals surface area contributed by atoms with Crippen molar-refractivity contribution in [2.24, 2.45) is 5.73 Å². The Bertz CT molecular complexity index is 312. The summed E-state index contributed by atoms with van der Waals surface area (Å²) in [4.78, 5) is 12.0. The molecular formula is C10H12ClNOS. The van der Waals surface area contributed by atoms with Crippen molar-refractivity contribution < 1.29 is 4.79 Å². The number of hydrogen-bond donors (Lipinski definition) is 1. The number of benzene rings is 1. The molecule has 0 heterocycles. The van der Waals surface area contributed by atoms with Crippen LogP contribution in [-0.4, -0.2) is 11.2 Å². The fourth-order valence-electron chi connectivity index (χ4n) is 1.02. The number of nitrogens with two attached hydrogens (primary N) is 1. The molecule has 0 aliphatic rings. The van der Waals surface area contributed by atoms with Crippen LogP contribution in [0.15, 0.2) is 29.2 Å². The van der Waals surface area contributed by atoms with Crippen molar-refractivity contribution in [3.8, 4) is 0 Å². The number of amides is 1. The summed E-state index contributed by atoms with van der Waals surface area (Å²) in [5, 5.41) is 0.539. The maximum Gasteiger partial charge on any atom is 0.230 e. The van der Waals surface area contributed by atoms with E-state index in [9.17, 15) is 4.79 Å². The lowest BCUT2D eigenvalue weighted by Crippen LogP contribution is -2.24. The Labute approximate surface area is 92.8 Å². The van der Waals surface area contributed by atoms with E-state index in [1.54, 1.807) is 12.1 Å². The second-order valence-corrected chi connectivity index (χ2v) is 4.58. The second-order valence-electron chi connectivity index (χ2n) is 2.87. The highest BCUT2D eigenvalue weighted by Crippen LogP contribution is 2.26. The summed E-state index contributed by atoms with van der Waals surface area (Å²) in [7, 11) is 0. The van der Waals surface area contributed by atoms with E-state index in [0.717, 1.165) is 11.3 Å². The van der Waals surface area contributed by atoms with Gasteiger partial charge in [0.25, 0.3) is 0 Å². The maximum absolute atomic E-state index is 11.0. The summed E-state index contributed by atoms with van der Waals surface area (Å²) in [5.74, 6) is -0.271. The van der Waals surface area contributed by atoms with E-state index < -0.39 is 0 Å². The Morgan fingerprint density at radius 3 is 2.50 bits per heavy atom. The van der Waals surface area contributed by atoms with Gasteiger partial charge in [-0.2, -0.15) is 0 Å². The molecule has 4 heteroatoms. The van der Waals surface area contributed by atoms with Gasteiger partial charge < -0.3 is 5.73 Å². The van der Waals surface area contributed by atoms with Gasteiger partial charge in [0.15, 0.2) is 0 Å². The number of hydrogen-bond acceptors (Lipinski definition) is 2. The normalized spacial score (nSPS) is 12.4. The first-order valence-corrected chi connectivity index (χ1v) is 5.60. The number of carbonyl (C=O) groups is 1. The first kappa shape index (κ1) is 11.4. The molecular weight excluding hydrogens is 218 g/mol. The third-order valence-corrected chi connectivity index (χ3v) is 3.43. The Kier molecular flexibility index (Phi) is 4.29. The summed E-state index contributed by atoms with van der Waals surface area (Å²) in [6.07, 6.45) is 0.739. The van der Waals surface area contributed by atoms with Gasteiger partial charge in [-0.15, -0.1) is 11.8 Å². The number of halogens is 1. The van der Waals surface area contributed by atoms with Crippen LogP contribution in [0, 0.1) is 0 Å². The fraction of sp³-hybridized carbons (Fsp3) is 0.300. The van der Waals surface area contributed by atoms with Crippen LogP contribution >= 0.6 is 23.4 Å². The first-order chi connectivity index (χ1) is 6.63. The molecule has 0 aliphatic carbocycles. The SMILES string of the molecule is CCC(Sc1ccc(Cl)cc1)C(N)=O. The van der Waals surface area contributed by atoms with Gasteiger partial charge in [0, 0.05) is 9.92 Å². The monoisotopic (exact) mass is 229 g/mol. The van der Waals surface area contributed by atoms with E-state index >= 15 is 0 Å². The van der Waals surface area contributed by atoms with Gasteiger partial charge in [0.1, 0.15) is 0 Å². The number of rotatable bonds is 4. The van der Waals surface area contributed by atoms with Crippen LogP contribution in [0.2, 0.25) is 5.02 Å². The van der Waals surface area contributed by atoms with Crippen molar-refractivity contribution in [2.75, 3.05) is 0 Å². The molecule has 0 bridgehead atoms. The van der Waals surface area contributed by atoms with Gasteiger partial charge in [0.05, 0.1) is 5.25 Å². The van der Waals surface area contributed by atoms with E-state index in [2.05, 4.69) is 0 Å². The summed E-state index contributed by atoms with van der Waals surface area (Å²) in [6, 6.07) is 7.38. The van der Waals surface area contributed by atoms with Crippen molar-refractivity contribution in [2.45, 2.75) is 23.5 Å². The number of carbonyl (C=O) groups excluding carboxylic acids is 1. The largest absolute Gasteiger partial charge is 0.369 e. The first-order valence-electron chi connectivity index (χ1n) is 4.35. The van der Waals surface area contributed by atoms with Crippen molar-refractivity contribution in [1.82, 2.24) is 0 Å². The lowest BCUT2D eigenvalue weighted by atomic mass is 10.3. The van der Waals surface area contributed by atoms with Crippen molar-refractivity contribution in [3.63, 3.8) is 0 Å². The molecule has 0 saturated carbocycles. The van der Waals surface area contributed by atoms with Crippen LogP contribution in [0.4, 0.5) is 0 Å². The molecule has 2 N–H and O–H groups in total. The minimum Gasteiger partial charge on any atom is -0.369 e. The fourth-order valence-corrected chi connectivity index (χ4v) is 2.05. The van der Waals surface area contributed by atoms with E-state index in [-0.39, 0.29) is 11.2 Å².